The summed E-state index contributed by atoms with van der Waals surface area (Å²) in [5.41, 5.74) is 3.14. The minimum Gasteiger partial charge on any atom is -0.377 e. The fraction of sp³-hybridized carbons (Fsp3) is 0.450. The van der Waals surface area contributed by atoms with Crippen molar-refractivity contribution >= 4 is 0 Å². The highest BCUT2D eigenvalue weighted by molar-refractivity contribution is 5.15. The summed E-state index contributed by atoms with van der Waals surface area (Å²) in [7, 11) is 0. The lowest BCUT2D eigenvalue weighted by Crippen LogP contribution is -2.57. The number of likely N-dealkylation sites (tertiary alicyclic amines) is 1. The number of ether oxygens (including phenoxy) is 1. The number of rotatable bonds is 5. The molecular weight excluding hydrogens is 284 g/mol. The molecule has 1 unspecified atom stereocenters. The minimum atomic E-state index is 0.371. The van der Waals surface area contributed by atoms with Crippen LogP contribution in [0.1, 0.15) is 17.5 Å². The number of aromatic nitrogens is 1. The zero-order chi connectivity index (χ0) is 15.5. The standard InChI is InChI=1S/C20H24N2O/c1-2-5-17(6-3-1)8-10-22-14-20(15-22)12-19(23-16-20)11-18-7-4-9-21-13-18/h1-7,9,13,19H,8,10-12,14-16H2. The van der Waals surface area contributed by atoms with Gasteiger partial charge in [-0.15, -0.1) is 0 Å². The van der Waals surface area contributed by atoms with Crippen molar-refractivity contribution in [2.75, 3.05) is 26.2 Å². The fourth-order valence-electron chi connectivity index (χ4n) is 4.02. The fourth-order valence-corrected chi connectivity index (χ4v) is 4.02. The van der Waals surface area contributed by atoms with E-state index in [0.29, 0.717) is 11.5 Å². The molecule has 2 aromatic rings. The van der Waals surface area contributed by atoms with Crippen LogP contribution in [-0.4, -0.2) is 42.2 Å². The highest BCUT2D eigenvalue weighted by atomic mass is 16.5. The summed E-state index contributed by atoms with van der Waals surface area (Å²) in [6, 6.07) is 14.9. The largest absolute Gasteiger partial charge is 0.377 e. The zero-order valence-corrected chi connectivity index (χ0v) is 13.5. The third-order valence-electron chi connectivity index (χ3n) is 5.15. The Hall–Kier alpha value is -1.71. The molecule has 4 rings (SSSR count). The Balaban J connectivity index is 1.23. The maximum Gasteiger partial charge on any atom is 0.0623 e. The second-order valence-corrected chi connectivity index (χ2v) is 7.15. The van der Waals surface area contributed by atoms with Crippen molar-refractivity contribution in [2.45, 2.75) is 25.4 Å². The van der Waals surface area contributed by atoms with Gasteiger partial charge in [-0.25, -0.2) is 0 Å². The molecule has 2 saturated heterocycles. The summed E-state index contributed by atoms with van der Waals surface area (Å²) in [4.78, 5) is 6.77. The van der Waals surface area contributed by atoms with Gasteiger partial charge in [-0.05, 0) is 30.0 Å². The van der Waals surface area contributed by atoms with E-state index in [1.807, 2.05) is 18.5 Å². The van der Waals surface area contributed by atoms with E-state index >= 15 is 0 Å². The van der Waals surface area contributed by atoms with Crippen LogP contribution in [0.3, 0.4) is 0 Å². The van der Waals surface area contributed by atoms with Crippen LogP contribution in [0.4, 0.5) is 0 Å². The molecule has 2 fully saturated rings. The number of hydrogen-bond donors (Lipinski definition) is 0. The van der Waals surface area contributed by atoms with Crippen LogP contribution in [0.25, 0.3) is 0 Å². The second kappa shape index (κ2) is 6.42. The molecule has 1 aromatic heterocycles. The molecule has 23 heavy (non-hydrogen) atoms. The third-order valence-corrected chi connectivity index (χ3v) is 5.15. The van der Waals surface area contributed by atoms with E-state index in [4.69, 9.17) is 4.74 Å². The SMILES string of the molecule is c1ccc(CCN2CC3(COC(Cc4cccnc4)C3)C2)cc1. The first-order valence-corrected chi connectivity index (χ1v) is 8.58. The van der Waals surface area contributed by atoms with Crippen molar-refractivity contribution in [2.24, 2.45) is 5.41 Å². The zero-order valence-electron chi connectivity index (χ0n) is 13.5. The van der Waals surface area contributed by atoms with Crippen LogP contribution >= 0.6 is 0 Å². The summed E-state index contributed by atoms with van der Waals surface area (Å²) >= 11 is 0. The summed E-state index contributed by atoms with van der Waals surface area (Å²) < 4.78 is 6.07. The predicted octanol–water partition coefficient (Wildman–Crippen LogP) is 2.96. The molecule has 3 heterocycles. The Morgan fingerprint density at radius 1 is 1.09 bits per heavy atom. The van der Waals surface area contributed by atoms with Crippen molar-refractivity contribution in [1.29, 1.82) is 0 Å². The number of pyridine rings is 1. The van der Waals surface area contributed by atoms with Gasteiger partial charge in [0.05, 0.1) is 12.7 Å². The maximum atomic E-state index is 6.07. The van der Waals surface area contributed by atoms with E-state index in [2.05, 4.69) is 46.3 Å². The Labute approximate surface area is 138 Å². The van der Waals surface area contributed by atoms with Crippen molar-refractivity contribution in [1.82, 2.24) is 9.88 Å². The van der Waals surface area contributed by atoms with Crippen LogP contribution in [0, 0.1) is 5.41 Å². The molecule has 1 atom stereocenters. The molecule has 1 spiro atoms. The van der Waals surface area contributed by atoms with E-state index in [9.17, 15) is 0 Å². The summed E-state index contributed by atoms with van der Waals surface area (Å²) in [5.74, 6) is 0. The summed E-state index contributed by atoms with van der Waals surface area (Å²) in [6.07, 6.45) is 7.51. The lowest BCUT2D eigenvalue weighted by atomic mass is 9.77. The first-order chi connectivity index (χ1) is 11.3. The molecule has 0 radical (unpaired) electrons. The van der Waals surface area contributed by atoms with Crippen molar-refractivity contribution in [3.05, 3.63) is 66.0 Å². The van der Waals surface area contributed by atoms with Crippen LogP contribution in [0.15, 0.2) is 54.9 Å². The van der Waals surface area contributed by atoms with Gasteiger partial charge in [-0.1, -0.05) is 36.4 Å². The topological polar surface area (TPSA) is 25.4 Å². The minimum absolute atomic E-state index is 0.371. The Morgan fingerprint density at radius 3 is 2.70 bits per heavy atom. The summed E-state index contributed by atoms with van der Waals surface area (Å²) in [5, 5.41) is 0. The van der Waals surface area contributed by atoms with Gasteiger partial charge in [0, 0.05) is 43.9 Å². The van der Waals surface area contributed by atoms with Gasteiger partial charge in [-0.3, -0.25) is 4.98 Å². The van der Waals surface area contributed by atoms with Crippen LogP contribution < -0.4 is 0 Å². The third kappa shape index (κ3) is 3.46. The molecule has 0 aliphatic carbocycles. The smallest absolute Gasteiger partial charge is 0.0623 e. The second-order valence-electron chi connectivity index (χ2n) is 7.15. The van der Waals surface area contributed by atoms with Gasteiger partial charge >= 0.3 is 0 Å². The van der Waals surface area contributed by atoms with Crippen LogP contribution in [0.2, 0.25) is 0 Å². The summed E-state index contributed by atoms with van der Waals surface area (Å²) in [6.45, 7) is 4.49. The van der Waals surface area contributed by atoms with Gasteiger partial charge in [-0.2, -0.15) is 0 Å². The lowest BCUT2D eigenvalue weighted by molar-refractivity contribution is -0.00773. The number of nitrogens with zero attached hydrogens (tertiary/aromatic N) is 2. The molecule has 0 bridgehead atoms. The van der Waals surface area contributed by atoms with Gasteiger partial charge < -0.3 is 9.64 Å². The highest BCUT2D eigenvalue weighted by Gasteiger charge is 2.48. The van der Waals surface area contributed by atoms with E-state index in [1.54, 1.807) is 0 Å². The molecule has 2 aliphatic rings. The van der Waals surface area contributed by atoms with Gasteiger partial charge in [0.1, 0.15) is 0 Å². The first kappa shape index (κ1) is 14.9. The van der Waals surface area contributed by atoms with E-state index in [-0.39, 0.29) is 0 Å². The predicted molar refractivity (Wildman–Crippen MR) is 91.3 cm³/mol. The molecule has 1 aromatic carbocycles. The molecule has 120 valence electrons. The molecular formula is C20H24N2O. The quantitative estimate of drug-likeness (QED) is 0.849. The Kier molecular flexibility index (Phi) is 4.15. The monoisotopic (exact) mass is 308 g/mol. The van der Waals surface area contributed by atoms with Gasteiger partial charge in [0.15, 0.2) is 0 Å². The molecule has 0 amide bonds. The highest BCUT2D eigenvalue weighted by Crippen LogP contribution is 2.41. The number of hydrogen-bond acceptors (Lipinski definition) is 3. The first-order valence-electron chi connectivity index (χ1n) is 8.58. The van der Waals surface area contributed by atoms with Crippen molar-refractivity contribution in [3.8, 4) is 0 Å². The molecule has 2 aliphatic heterocycles. The maximum absolute atomic E-state index is 6.07. The van der Waals surface area contributed by atoms with Crippen molar-refractivity contribution in [3.63, 3.8) is 0 Å². The van der Waals surface area contributed by atoms with Gasteiger partial charge in [0.2, 0.25) is 0 Å². The van der Waals surface area contributed by atoms with Crippen LogP contribution in [-0.2, 0) is 17.6 Å². The molecule has 3 heteroatoms. The van der Waals surface area contributed by atoms with E-state index in [1.165, 1.54) is 37.2 Å². The lowest BCUT2D eigenvalue weighted by Gasteiger charge is -2.47. The Bertz CT molecular complexity index is 623. The molecule has 3 nitrogen and oxygen atoms in total. The Morgan fingerprint density at radius 2 is 1.91 bits per heavy atom. The van der Waals surface area contributed by atoms with Crippen molar-refractivity contribution < 1.29 is 4.74 Å². The van der Waals surface area contributed by atoms with E-state index < -0.39 is 0 Å². The van der Waals surface area contributed by atoms with E-state index in [0.717, 1.165) is 19.4 Å². The number of benzene rings is 1. The molecule has 0 saturated carbocycles. The average Bonchev–Trinajstić information content (AvgIpc) is 2.98. The van der Waals surface area contributed by atoms with Crippen LogP contribution in [0.5, 0.6) is 0 Å². The van der Waals surface area contributed by atoms with Gasteiger partial charge in [0.25, 0.3) is 0 Å². The normalized spacial score (nSPS) is 23.0. The molecule has 0 N–H and O–H groups in total. The average molecular weight is 308 g/mol.